The minimum absolute atomic E-state index is 0.0400. The van der Waals surface area contributed by atoms with E-state index in [9.17, 15) is 4.79 Å². The number of hydrogen-bond donors (Lipinski definition) is 0. The molecule has 0 saturated carbocycles. The molecule has 0 aliphatic carbocycles. The van der Waals surface area contributed by atoms with Gasteiger partial charge in [0, 0.05) is 19.2 Å². The monoisotopic (exact) mass is 179 g/mol. The topological polar surface area (TPSA) is 20.3 Å². The summed E-state index contributed by atoms with van der Waals surface area (Å²) in [5.41, 5.74) is 0.841. The predicted molar refractivity (Wildman–Crippen MR) is 56.2 cm³/mol. The Bertz CT molecular complexity index is 238. The molecule has 0 aromatic carbocycles. The number of hydrogen-bond acceptors (Lipinski definition) is 1. The van der Waals surface area contributed by atoms with E-state index in [1.54, 1.807) is 17.9 Å². The fourth-order valence-corrected chi connectivity index (χ4v) is 1.05. The van der Waals surface area contributed by atoms with E-state index in [4.69, 9.17) is 0 Å². The highest BCUT2D eigenvalue weighted by atomic mass is 16.2. The summed E-state index contributed by atoms with van der Waals surface area (Å²) in [6.07, 6.45) is 7.36. The Morgan fingerprint density at radius 2 is 2.15 bits per heavy atom. The van der Waals surface area contributed by atoms with Crippen LogP contribution in [0.15, 0.2) is 36.6 Å². The average molecular weight is 179 g/mol. The second kappa shape index (κ2) is 6.23. The van der Waals surface area contributed by atoms with Crippen molar-refractivity contribution in [2.24, 2.45) is 0 Å². The summed E-state index contributed by atoms with van der Waals surface area (Å²) in [5.74, 6) is 0.0400. The Morgan fingerprint density at radius 1 is 1.54 bits per heavy atom. The van der Waals surface area contributed by atoms with Crippen molar-refractivity contribution < 1.29 is 4.79 Å². The van der Waals surface area contributed by atoms with E-state index >= 15 is 0 Å². The number of rotatable bonds is 4. The van der Waals surface area contributed by atoms with E-state index in [0.717, 1.165) is 5.70 Å². The van der Waals surface area contributed by atoms with Crippen LogP contribution in [0.25, 0.3) is 0 Å². The zero-order valence-electron chi connectivity index (χ0n) is 8.58. The molecule has 0 aliphatic heterocycles. The van der Waals surface area contributed by atoms with Crippen LogP contribution in [0.1, 0.15) is 20.8 Å². The SMILES string of the molecule is C=C/C(=C\C=C/C)N(CC)C(C)=O. The standard InChI is InChI=1S/C11H17NO/c1-5-8-9-11(6-2)12(7-3)10(4)13/h5-6,8-9H,2,7H2,1,3-4H3/b8-5-,11-9+. The van der Waals surface area contributed by atoms with Crippen LogP contribution in [0, 0.1) is 0 Å². The van der Waals surface area contributed by atoms with Gasteiger partial charge < -0.3 is 4.90 Å². The number of likely N-dealkylation sites (N-methyl/N-ethyl adjacent to an activating group) is 1. The number of carbonyl (C=O) groups excluding carboxylic acids is 1. The lowest BCUT2D eigenvalue weighted by Gasteiger charge is -2.19. The number of allylic oxidation sites excluding steroid dienone is 4. The molecule has 0 heterocycles. The van der Waals surface area contributed by atoms with Crippen LogP contribution in [0.2, 0.25) is 0 Å². The first-order chi connectivity index (χ1) is 6.17. The van der Waals surface area contributed by atoms with E-state index in [0.29, 0.717) is 6.54 Å². The van der Waals surface area contributed by atoms with Crippen LogP contribution >= 0.6 is 0 Å². The van der Waals surface area contributed by atoms with Gasteiger partial charge in [0.2, 0.25) is 5.91 Å². The highest BCUT2D eigenvalue weighted by Crippen LogP contribution is 2.05. The molecular formula is C11H17NO. The van der Waals surface area contributed by atoms with Gasteiger partial charge in [-0.05, 0) is 26.0 Å². The third-order valence-electron chi connectivity index (χ3n) is 1.68. The van der Waals surface area contributed by atoms with Crippen molar-refractivity contribution in [3.63, 3.8) is 0 Å². The van der Waals surface area contributed by atoms with Gasteiger partial charge >= 0.3 is 0 Å². The third kappa shape index (κ3) is 3.74. The largest absolute Gasteiger partial charge is 0.313 e. The maximum Gasteiger partial charge on any atom is 0.223 e. The highest BCUT2D eigenvalue weighted by Gasteiger charge is 2.07. The zero-order chi connectivity index (χ0) is 10.3. The van der Waals surface area contributed by atoms with E-state index in [1.807, 2.05) is 32.1 Å². The Hall–Kier alpha value is -1.31. The first-order valence-corrected chi connectivity index (χ1v) is 4.40. The fourth-order valence-electron chi connectivity index (χ4n) is 1.05. The van der Waals surface area contributed by atoms with E-state index in [1.165, 1.54) is 0 Å². The average Bonchev–Trinajstić information content (AvgIpc) is 2.11. The molecule has 0 aromatic heterocycles. The van der Waals surface area contributed by atoms with Crippen molar-refractivity contribution in [2.75, 3.05) is 6.54 Å². The molecule has 0 aromatic rings. The second-order valence-corrected chi connectivity index (χ2v) is 2.58. The van der Waals surface area contributed by atoms with Crippen molar-refractivity contribution in [2.45, 2.75) is 20.8 Å². The minimum atomic E-state index is 0.0400. The van der Waals surface area contributed by atoms with Crippen molar-refractivity contribution in [3.8, 4) is 0 Å². The van der Waals surface area contributed by atoms with Gasteiger partial charge in [0.1, 0.15) is 0 Å². The summed E-state index contributed by atoms with van der Waals surface area (Å²) in [6, 6.07) is 0. The molecule has 13 heavy (non-hydrogen) atoms. The number of carbonyl (C=O) groups is 1. The smallest absolute Gasteiger partial charge is 0.223 e. The van der Waals surface area contributed by atoms with Crippen LogP contribution in [0.5, 0.6) is 0 Å². The van der Waals surface area contributed by atoms with Crippen LogP contribution < -0.4 is 0 Å². The summed E-state index contributed by atoms with van der Waals surface area (Å²) in [5, 5.41) is 0. The molecule has 0 rings (SSSR count). The summed E-state index contributed by atoms with van der Waals surface area (Å²) >= 11 is 0. The summed E-state index contributed by atoms with van der Waals surface area (Å²) in [4.78, 5) is 12.8. The van der Waals surface area contributed by atoms with Gasteiger partial charge in [-0.3, -0.25) is 4.79 Å². The van der Waals surface area contributed by atoms with Crippen LogP contribution in [-0.4, -0.2) is 17.4 Å². The molecule has 0 fully saturated rings. The summed E-state index contributed by atoms with van der Waals surface area (Å²) in [6.45, 7) is 9.76. The molecule has 1 amide bonds. The molecule has 2 nitrogen and oxygen atoms in total. The molecule has 0 bridgehead atoms. The lowest BCUT2D eigenvalue weighted by molar-refractivity contribution is -0.126. The van der Waals surface area contributed by atoms with Crippen molar-refractivity contribution >= 4 is 5.91 Å². The predicted octanol–water partition coefficient (Wildman–Crippen LogP) is 2.50. The van der Waals surface area contributed by atoms with Gasteiger partial charge in [-0.25, -0.2) is 0 Å². The minimum Gasteiger partial charge on any atom is -0.313 e. The Morgan fingerprint density at radius 3 is 2.46 bits per heavy atom. The Balaban J connectivity index is 4.71. The molecule has 0 aliphatic rings. The lowest BCUT2D eigenvalue weighted by Crippen LogP contribution is -2.26. The van der Waals surface area contributed by atoms with Crippen molar-refractivity contribution in [1.82, 2.24) is 4.90 Å². The second-order valence-electron chi connectivity index (χ2n) is 2.58. The van der Waals surface area contributed by atoms with Crippen molar-refractivity contribution in [3.05, 3.63) is 36.6 Å². The number of nitrogens with zero attached hydrogens (tertiary/aromatic N) is 1. The maximum atomic E-state index is 11.2. The van der Waals surface area contributed by atoms with Crippen molar-refractivity contribution in [1.29, 1.82) is 0 Å². The molecular weight excluding hydrogens is 162 g/mol. The molecule has 0 unspecified atom stereocenters. The normalized spacial score (nSPS) is 11.8. The highest BCUT2D eigenvalue weighted by molar-refractivity contribution is 5.75. The molecule has 0 radical (unpaired) electrons. The lowest BCUT2D eigenvalue weighted by atomic mass is 10.3. The number of amides is 1. The molecule has 0 atom stereocenters. The molecule has 72 valence electrons. The molecule has 0 N–H and O–H groups in total. The van der Waals surface area contributed by atoms with E-state index < -0.39 is 0 Å². The Kier molecular flexibility index (Phi) is 5.60. The maximum absolute atomic E-state index is 11.2. The van der Waals surface area contributed by atoms with Gasteiger partial charge in [0.15, 0.2) is 0 Å². The zero-order valence-corrected chi connectivity index (χ0v) is 8.58. The van der Waals surface area contributed by atoms with E-state index in [-0.39, 0.29) is 5.91 Å². The van der Waals surface area contributed by atoms with Gasteiger partial charge in [0.25, 0.3) is 0 Å². The van der Waals surface area contributed by atoms with Gasteiger partial charge in [0.05, 0.1) is 0 Å². The fraction of sp³-hybridized carbons (Fsp3) is 0.364. The van der Waals surface area contributed by atoms with Gasteiger partial charge in [-0.2, -0.15) is 0 Å². The van der Waals surface area contributed by atoms with Gasteiger partial charge in [-0.15, -0.1) is 0 Å². The van der Waals surface area contributed by atoms with Gasteiger partial charge in [-0.1, -0.05) is 18.7 Å². The van der Waals surface area contributed by atoms with Crippen LogP contribution in [-0.2, 0) is 4.79 Å². The summed E-state index contributed by atoms with van der Waals surface area (Å²) < 4.78 is 0. The summed E-state index contributed by atoms with van der Waals surface area (Å²) in [7, 11) is 0. The van der Waals surface area contributed by atoms with Crippen LogP contribution in [0.4, 0.5) is 0 Å². The molecule has 2 heteroatoms. The quantitative estimate of drug-likeness (QED) is 0.607. The first-order valence-electron chi connectivity index (χ1n) is 4.40. The van der Waals surface area contributed by atoms with E-state index in [2.05, 4.69) is 6.58 Å². The third-order valence-corrected chi connectivity index (χ3v) is 1.68. The first kappa shape index (κ1) is 11.7. The Labute approximate surface area is 80.2 Å². The molecule has 0 spiro atoms. The van der Waals surface area contributed by atoms with Crippen LogP contribution in [0.3, 0.4) is 0 Å². The molecule has 0 saturated heterocycles.